The highest BCUT2D eigenvalue weighted by molar-refractivity contribution is 5.42. The molecule has 0 radical (unpaired) electrons. The molecule has 0 saturated heterocycles. The molecule has 2 heteroatoms. The Labute approximate surface area is 135 Å². The fraction of sp³-hybridized carbons (Fsp3) is 0.500. The van der Waals surface area contributed by atoms with Crippen molar-refractivity contribution in [3.63, 3.8) is 0 Å². The van der Waals surface area contributed by atoms with Gasteiger partial charge in [-0.05, 0) is 53.5 Å². The van der Waals surface area contributed by atoms with E-state index in [9.17, 15) is 0 Å². The maximum atomic E-state index is 4.39. The summed E-state index contributed by atoms with van der Waals surface area (Å²) in [6.07, 6.45) is 6.72. The van der Waals surface area contributed by atoms with E-state index < -0.39 is 0 Å². The van der Waals surface area contributed by atoms with E-state index in [2.05, 4.69) is 56.7 Å². The summed E-state index contributed by atoms with van der Waals surface area (Å²) < 4.78 is 0. The summed E-state index contributed by atoms with van der Waals surface area (Å²) in [6.45, 7) is 11.4. The molecule has 1 aromatic heterocycles. The van der Waals surface area contributed by atoms with E-state index in [0.29, 0.717) is 11.8 Å². The molecule has 1 heterocycles. The zero-order valence-corrected chi connectivity index (χ0v) is 14.6. The van der Waals surface area contributed by atoms with Crippen molar-refractivity contribution in [3.8, 4) is 0 Å². The van der Waals surface area contributed by atoms with Crippen molar-refractivity contribution in [1.29, 1.82) is 0 Å². The SMILES string of the molecule is CCc1cc(CC(C)c2ccncn2)cc(CC)c1C(C)C. The Balaban J connectivity index is 2.32. The zero-order chi connectivity index (χ0) is 16.1. The normalized spacial score (nSPS) is 12.6. The number of rotatable bonds is 6. The predicted octanol–water partition coefficient (Wildman–Crippen LogP) is 5.07. The van der Waals surface area contributed by atoms with Gasteiger partial charge < -0.3 is 0 Å². The van der Waals surface area contributed by atoms with E-state index in [1.165, 1.54) is 16.7 Å². The van der Waals surface area contributed by atoms with E-state index in [1.54, 1.807) is 11.9 Å². The summed E-state index contributed by atoms with van der Waals surface area (Å²) in [5.41, 5.74) is 7.14. The molecular weight excluding hydrogens is 268 g/mol. The summed E-state index contributed by atoms with van der Waals surface area (Å²) in [7, 11) is 0. The van der Waals surface area contributed by atoms with E-state index in [1.807, 2.05) is 12.3 Å². The molecule has 1 aromatic carbocycles. The molecule has 2 aromatic rings. The Morgan fingerprint density at radius 1 is 1.00 bits per heavy atom. The quantitative estimate of drug-likeness (QED) is 0.743. The third-order valence-electron chi connectivity index (χ3n) is 4.40. The van der Waals surface area contributed by atoms with Crippen LogP contribution in [0.3, 0.4) is 0 Å². The fourth-order valence-electron chi connectivity index (χ4n) is 3.35. The molecule has 0 saturated carbocycles. The second-order valence-corrected chi connectivity index (χ2v) is 6.43. The lowest BCUT2D eigenvalue weighted by Crippen LogP contribution is -2.06. The van der Waals surface area contributed by atoms with Crippen LogP contribution in [-0.4, -0.2) is 9.97 Å². The minimum atomic E-state index is 0.419. The van der Waals surface area contributed by atoms with Crippen LogP contribution in [0.4, 0.5) is 0 Å². The molecule has 1 atom stereocenters. The molecular formula is C20H28N2. The third-order valence-corrected chi connectivity index (χ3v) is 4.40. The van der Waals surface area contributed by atoms with Crippen LogP contribution in [0.15, 0.2) is 30.7 Å². The van der Waals surface area contributed by atoms with Gasteiger partial charge in [-0.15, -0.1) is 0 Å². The van der Waals surface area contributed by atoms with Crippen LogP contribution in [0.1, 0.15) is 74.4 Å². The van der Waals surface area contributed by atoms with E-state index in [0.717, 1.165) is 25.0 Å². The molecule has 0 spiro atoms. The first-order valence-electron chi connectivity index (χ1n) is 8.47. The largest absolute Gasteiger partial charge is 0.245 e. The number of benzene rings is 1. The second-order valence-electron chi connectivity index (χ2n) is 6.43. The van der Waals surface area contributed by atoms with Crippen LogP contribution in [-0.2, 0) is 19.3 Å². The lowest BCUT2D eigenvalue weighted by molar-refractivity contribution is 0.722. The van der Waals surface area contributed by atoms with Crippen LogP contribution < -0.4 is 0 Å². The van der Waals surface area contributed by atoms with Crippen LogP contribution >= 0.6 is 0 Å². The molecule has 2 rings (SSSR count). The smallest absolute Gasteiger partial charge is 0.115 e. The Kier molecular flexibility index (Phi) is 5.70. The lowest BCUT2D eigenvalue weighted by Gasteiger charge is -2.20. The van der Waals surface area contributed by atoms with E-state index >= 15 is 0 Å². The van der Waals surface area contributed by atoms with Gasteiger partial charge in [0.25, 0.3) is 0 Å². The van der Waals surface area contributed by atoms with Crippen molar-refractivity contribution in [2.75, 3.05) is 0 Å². The average molecular weight is 296 g/mol. The topological polar surface area (TPSA) is 25.8 Å². The first-order valence-corrected chi connectivity index (χ1v) is 8.47. The van der Waals surface area contributed by atoms with Gasteiger partial charge in [-0.2, -0.15) is 0 Å². The van der Waals surface area contributed by atoms with Gasteiger partial charge in [-0.3, -0.25) is 0 Å². The van der Waals surface area contributed by atoms with Gasteiger partial charge in [0.15, 0.2) is 0 Å². The molecule has 0 fully saturated rings. The van der Waals surface area contributed by atoms with Crippen LogP contribution in [0.25, 0.3) is 0 Å². The van der Waals surface area contributed by atoms with Crippen molar-refractivity contribution in [2.24, 2.45) is 0 Å². The molecule has 0 aliphatic carbocycles. The van der Waals surface area contributed by atoms with Crippen molar-refractivity contribution in [3.05, 3.63) is 58.7 Å². The van der Waals surface area contributed by atoms with Crippen LogP contribution in [0.2, 0.25) is 0 Å². The van der Waals surface area contributed by atoms with E-state index in [-0.39, 0.29) is 0 Å². The maximum Gasteiger partial charge on any atom is 0.115 e. The predicted molar refractivity (Wildman–Crippen MR) is 93.4 cm³/mol. The third kappa shape index (κ3) is 3.73. The highest BCUT2D eigenvalue weighted by atomic mass is 14.8. The minimum Gasteiger partial charge on any atom is -0.245 e. The van der Waals surface area contributed by atoms with Gasteiger partial charge in [0.1, 0.15) is 6.33 Å². The average Bonchev–Trinajstić information content (AvgIpc) is 2.54. The number of hydrogen-bond acceptors (Lipinski definition) is 2. The summed E-state index contributed by atoms with van der Waals surface area (Å²) in [5.74, 6) is 1.01. The summed E-state index contributed by atoms with van der Waals surface area (Å²) in [5, 5.41) is 0. The second kappa shape index (κ2) is 7.53. The Bertz CT molecular complexity index is 577. The van der Waals surface area contributed by atoms with Gasteiger partial charge in [-0.1, -0.05) is 46.8 Å². The van der Waals surface area contributed by atoms with E-state index in [4.69, 9.17) is 0 Å². The standard InChI is InChI=1S/C20H28N2/c1-6-17-11-16(12-18(7-2)20(17)14(3)4)10-15(5)19-8-9-21-13-22-19/h8-9,11-15H,6-7,10H2,1-5H3. The Morgan fingerprint density at radius 3 is 2.09 bits per heavy atom. The Morgan fingerprint density at radius 2 is 1.64 bits per heavy atom. The fourth-order valence-corrected chi connectivity index (χ4v) is 3.35. The van der Waals surface area contributed by atoms with Gasteiger partial charge in [0.05, 0.1) is 0 Å². The van der Waals surface area contributed by atoms with Crippen molar-refractivity contribution < 1.29 is 0 Å². The molecule has 1 unspecified atom stereocenters. The number of aromatic nitrogens is 2. The van der Waals surface area contributed by atoms with Crippen molar-refractivity contribution in [2.45, 2.75) is 65.7 Å². The van der Waals surface area contributed by atoms with Crippen molar-refractivity contribution in [1.82, 2.24) is 9.97 Å². The zero-order valence-electron chi connectivity index (χ0n) is 14.6. The summed E-state index contributed by atoms with van der Waals surface area (Å²) in [6, 6.07) is 6.84. The highest BCUT2D eigenvalue weighted by Crippen LogP contribution is 2.29. The first-order chi connectivity index (χ1) is 10.6. The minimum absolute atomic E-state index is 0.419. The number of aryl methyl sites for hydroxylation is 2. The summed E-state index contributed by atoms with van der Waals surface area (Å²) in [4.78, 5) is 8.40. The molecule has 0 aliphatic rings. The molecule has 0 bridgehead atoms. The molecule has 0 amide bonds. The van der Waals surface area contributed by atoms with Crippen LogP contribution in [0, 0.1) is 0 Å². The van der Waals surface area contributed by atoms with Gasteiger partial charge >= 0.3 is 0 Å². The summed E-state index contributed by atoms with van der Waals surface area (Å²) >= 11 is 0. The van der Waals surface area contributed by atoms with Crippen LogP contribution in [0.5, 0.6) is 0 Å². The molecule has 2 nitrogen and oxygen atoms in total. The number of nitrogens with zero attached hydrogens (tertiary/aromatic N) is 2. The molecule has 118 valence electrons. The molecule has 0 aliphatic heterocycles. The maximum absolute atomic E-state index is 4.39. The Hall–Kier alpha value is -1.70. The number of hydrogen-bond donors (Lipinski definition) is 0. The van der Waals surface area contributed by atoms with Gasteiger partial charge in [0, 0.05) is 17.8 Å². The van der Waals surface area contributed by atoms with Gasteiger partial charge in [-0.25, -0.2) is 9.97 Å². The lowest BCUT2D eigenvalue weighted by atomic mass is 9.86. The van der Waals surface area contributed by atoms with Gasteiger partial charge in [0.2, 0.25) is 0 Å². The first kappa shape index (κ1) is 16.7. The monoisotopic (exact) mass is 296 g/mol. The molecule has 0 N–H and O–H groups in total. The highest BCUT2D eigenvalue weighted by Gasteiger charge is 2.14. The molecule has 22 heavy (non-hydrogen) atoms. The van der Waals surface area contributed by atoms with Crippen molar-refractivity contribution >= 4 is 0 Å².